The topological polar surface area (TPSA) is 83.5 Å². The Morgan fingerprint density at radius 2 is 2.14 bits per heavy atom. The third kappa shape index (κ3) is 2.44. The van der Waals surface area contributed by atoms with Gasteiger partial charge in [-0.2, -0.15) is 0 Å². The first kappa shape index (κ1) is 13.3. The highest BCUT2D eigenvalue weighted by Crippen LogP contribution is 2.36. The Bertz CT molecular complexity index is 806. The molecule has 2 aliphatic rings. The summed E-state index contributed by atoms with van der Waals surface area (Å²) >= 11 is 0. The number of benzene rings is 1. The maximum Gasteiger partial charge on any atom is 0.126 e. The molecule has 2 heterocycles. The molecule has 112 valence electrons. The fourth-order valence-corrected chi connectivity index (χ4v) is 2.71. The minimum Gasteiger partial charge on any atom is -0.388 e. The average molecular weight is 294 g/mol. The van der Waals surface area contributed by atoms with Gasteiger partial charge in [0.2, 0.25) is 0 Å². The molecule has 0 atom stereocenters. The van der Waals surface area contributed by atoms with Crippen LogP contribution in [0.1, 0.15) is 18.4 Å². The number of nitrogen functional groups attached to an aromatic ring is 1. The smallest absolute Gasteiger partial charge is 0.126 e. The Morgan fingerprint density at radius 1 is 1.27 bits per heavy atom. The van der Waals surface area contributed by atoms with E-state index in [1.807, 2.05) is 24.4 Å². The molecule has 4 rings (SSSR count). The Balaban J connectivity index is 1.70. The molecule has 22 heavy (non-hydrogen) atoms. The molecule has 1 aliphatic heterocycles. The van der Waals surface area contributed by atoms with Gasteiger partial charge >= 0.3 is 0 Å². The summed E-state index contributed by atoms with van der Waals surface area (Å²) in [5.41, 5.74) is 9.47. The number of hydrogen-bond acceptors (Lipinski definition) is 5. The second kappa shape index (κ2) is 4.81. The summed E-state index contributed by atoms with van der Waals surface area (Å²) < 4.78 is 0. The summed E-state index contributed by atoms with van der Waals surface area (Å²) in [6.45, 7) is 1.26. The van der Waals surface area contributed by atoms with E-state index >= 15 is 0 Å². The van der Waals surface area contributed by atoms with Crippen LogP contribution >= 0.6 is 0 Å². The summed E-state index contributed by atoms with van der Waals surface area (Å²) in [6.07, 6.45) is 5.57. The lowest BCUT2D eigenvalue weighted by molar-refractivity contribution is 0.164. The third-order valence-electron chi connectivity index (χ3n) is 4.28. The molecule has 1 aliphatic carbocycles. The zero-order valence-electron chi connectivity index (χ0n) is 12.2. The summed E-state index contributed by atoms with van der Waals surface area (Å²) in [5, 5.41) is 14.3. The summed E-state index contributed by atoms with van der Waals surface area (Å²) in [4.78, 5) is 8.65. The Morgan fingerprint density at radius 3 is 2.86 bits per heavy atom. The van der Waals surface area contributed by atoms with Crippen molar-refractivity contribution in [3.63, 3.8) is 0 Å². The Hall–Kier alpha value is -2.40. The molecule has 1 aromatic heterocycles. The number of anilines is 2. The van der Waals surface area contributed by atoms with Crippen LogP contribution < -0.4 is 11.1 Å². The molecular formula is C17H18N4O. The van der Waals surface area contributed by atoms with Crippen LogP contribution in [-0.4, -0.2) is 35.0 Å². The molecule has 0 amide bonds. The van der Waals surface area contributed by atoms with E-state index in [0.717, 1.165) is 35.0 Å². The van der Waals surface area contributed by atoms with E-state index in [-0.39, 0.29) is 0 Å². The third-order valence-corrected chi connectivity index (χ3v) is 4.28. The number of hydrogen-bond donors (Lipinski definition) is 3. The van der Waals surface area contributed by atoms with Gasteiger partial charge in [-0.15, -0.1) is 0 Å². The molecule has 0 radical (unpaired) electrons. The van der Waals surface area contributed by atoms with E-state index in [4.69, 9.17) is 5.73 Å². The van der Waals surface area contributed by atoms with Crippen LogP contribution in [0.3, 0.4) is 0 Å². The van der Waals surface area contributed by atoms with E-state index in [9.17, 15) is 5.11 Å². The number of allylic oxidation sites excluding steroid dienone is 1. The normalized spacial score (nSPS) is 18.5. The first-order valence-electron chi connectivity index (χ1n) is 7.49. The lowest BCUT2D eigenvalue weighted by Crippen LogP contribution is -2.20. The van der Waals surface area contributed by atoms with Crippen LogP contribution in [0.15, 0.2) is 35.3 Å². The number of rotatable bonds is 4. The van der Waals surface area contributed by atoms with Gasteiger partial charge in [-0.1, -0.05) is 12.1 Å². The van der Waals surface area contributed by atoms with Crippen molar-refractivity contribution in [1.29, 1.82) is 0 Å². The van der Waals surface area contributed by atoms with Crippen molar-refractivity contribution in [3.05, 3.63) is 35.9 Å². The van der Waals surface area contributed by atoms with Gasteiger partial charge in [0, 0.05) is 29.9 Å². The van der Waals surface area contributed by atoms with Crippen LogP contribution in [0.25, 0.3) is 16.5 Å². The zero-order chi connectivity index (χ0) is 15.2. The molecular weight excluding hydrogens is 276 g/mol. The quantitative estimate of drug-likeness (QED) is 0.807. The number of nitrogens with two attached hydrogens (primary N) is 1. The zero-order valence-corrected chi connectivity index (χ0v) is 12.2. The van der Waals surface area contributed by atoms with E-state index in [0.29, 0.717) is 18.9 Å². The van der Waals surface area contributed by atoms with E-state index in [2.05, 4.69) is 27.4 Å². The monoisotopic (exact) mass is 294 g/mol. The second-order valence-electron chi connectivity index (χ2n) is 6.09. The van der Waals surface area contributed by atoms with Gasteiger partial charge in [-0.25, -0.2) is 4.98 Å². The number of nitrogens with one attached hydrogen (secondary N) is 1. The molecule has 0 unspecified atom stereocenters. The average Bonchev–Trinajstić information content (AvgIpc) is 3.02. The van der Waals surface area contributed by atoms with Gasteiger partial charge in [0.25, 0.3) is 0 Å². The van der Waals surface area contributed by atoms with Gasteiger partial charge in [0.1, 0.15) is 5.82 Å². The minimum atomic E-state index is -0.545. The summed E-state index contributed by atoms with van der Waals surface area (Å²) in [5.74, 6) is 0.478. The largest absolute Gasteiger partial charge is 0.388 e. The van der Waals surface area contributed by atoms with Crippen LogP contribution in [0.5, 0.6) is 0 Å². The minimum absolute atomic E-state index is 0.478. The van der Waals surface area contributed by atoms with E-state index in [1.54, 1.807) is 0 Å². The first-order valence-corrected chi connectivity index (χ1v) is 7.49. The van der Waals surface area contributed by atoms with Gasteiger partial charge in [-0.05, 0) is 36.1 Å². The maximum absolute atomic E-state index is 9.99. The van der Waals surface area contributed by atoms with Crippen molar-refractivity contribution in [2.24, 2.45) is 4.99 Å². The molecule has 0 spiro atoms. The predicted molar refractivity (Wildman–Crippen MR) is 90.2 cm³/mol. The number of aliphatic hydroxyl groups is 1. The highest BCUT2D eigenvalue weighted by Gasteiger charge is 2.39. The summed E-state index contributed by atoms with van der Waals surface area (Å²) in [6, 6.07) is 8.00. The van der Waals surface area contributed by atoms with Gasteiger partial charge in [0.15, 0.2) is 0 Å². The van der Waals surface area contributed by atoms with Crippen molar-refractivity contribution in [2.45, 2.75) is 18.4 Å². The number of aromatic nitrogens is 1. The number of aliphatic imine (C=N–C) groups is 1. The molecule has 4 N–H and O–H groups in total. The molecule has 1 fully saturated rings. The number of nitrogens with zero attached hydrogens (tertiary/aromatic N) is 2. The fraction of sp³-hybridized carbons (Fsp3) is 0.294. The molecule has 0 bridgehead atoms. The van der Waals surface area contributed by atoms with Crippen molar-refractivity contribution < 1.29 is 5.11 Å². The molecule has 1 saturated carbocycles. The van der Waals surface area contributed by atoms with Crippen molar-refractivity contribution in [2.75, 3.05) is 24.1 Å². The van der Waals surface area contributed by atoms with Crippen molar-refractivity contribution >= 4 is 34.2 Å². The van der Waals surface area contributed by atoms with Crippen LogP contribution in [0.4, 0.5) is 11.5 Å². The molecule has 5 nitrogen and oxygen atoms in total. The van der Waals surface area contributed by atoms with Gasteiger partial charge < -0.3 is 16.2 Å². The molecule has 5 heteroatoms. The number of fused-ring (bicyclic) bond motifs is 1. The van der Waals surface area contributed by atoms with Crippen molar-refractivity contribution in [3.8, 4) is 0 Å². The van der Waals surface area contributed by atoms with Crippen molar-refractivity contribution in [1.82, 2.24) is 4.98 Å². The Labute approximate surface area is 128 Å². The maximum atomic E-state index is 9.99. The van der Waals surface area contributed by atoms with E-state index < -0.39 is 5.60 Å². The highest BCUT2D eigenvalue weighted by atomic mass is 16.3. The predicted octanol–water partition coefficient (Wildman–Crippen LogP) is 2.22. The molecule has 0 saturated heterocycles. The second-order valence-corrected chi connectivity index (χ2v) is 6.09. The Kier molecular flexibility index (Phi) is 2.90. The van der Waals surface area contributed by atoms with Gasteiger partial charge in [0.05, 0.1) is 17.7 Å². The van der Waals surface area contributed by atoms with Crippen LogP contribution in [0, 0.1) is 0 Å². The fourth-order valence-electron chi connectivity index (χ4n) is 2.71. The van der Waals surface area contributed by atoms with Crippen LogP contribution in [0.2, 0.25) is 0 Å². The lowest BCUT2D eigenvalue weighted by Gasteiger charge is -2.14. The standard InChI is InChI=1S/C17H18N4O/c18-16-8-14(20-10-17(22)4-5-17)13-2-1-11(7-15(13)21-16)12-3-6-19-9-12/h1-3,6-8,22H,4-5,9-10H2,(H3,18,20,21). The lowest BCUT2D eigenvalue weighted by atomic mass is 10.0. The first-order chi connectivity index (χ1) is 10.6. The summed E-state index contributed by atoms with van der Waals surface area (Å²) in [7, 11) is 0. The highest BCUT2D eigenvalue weighted by molar-refractivity contribution is 5.97. The number of pyridine rings is 1. The van der Waals surface area contributed by atoms with E-state index in [1.165, 1.54) is 5.57 Å². The molecule has 1 aromatic carbocycles. The molecule has 2 aromatic rings. The SMILES string of the molecule is Nc1cc(NCC2(O)CC2)c2ccc(C3=CC=NC3)cc2n1. The van der Waals surface area contributed by atoms with Gasteiger partial charge in [-0.3, -0.25) is 4.99 Å². The van der Waals surface area contributed by atoms with Crippen LogP contribution in [-0.2, 0) is 0 Å².